The number of allylic oxidation sites excluding steroid dienone is 3. The summed E-state index contributed by atoms with van der Waals surface area (Å²) in [6.07, 6.45) is 10.1. The summed E-state index contributed by atoms with van der Waals surface area (Å²) < 4.78 is 11.7. The van der Waals surface area contributed by atoms with Crippen molar-refractivity contribution in [1.82, 2.24) is 0 Å². The van der Waals surface area contributed by atoms with Gasteiger partial charge in [0.05, 0.1) is 6.61 Å². The highest BCUT2D eigenvalue weighted by Gasteiger charge is 2.68. The molecule has 0 unspecified atom stereocenters. The lowest BCUT2D eigenvalue weighted by Gasteiger charge is -2.66. The molecule has 0 aromatic carbocycles. The maximum atomic E-state index is 12.9. The Morgan fingerprint density at radius 3 is 2.52 bits per heavy atom. The standard InChI is InChI=1S/C28H40O5/c1-16(29)33-23-14-21-25(2,3)22(30)10-12-27(21,5)20-9-11-26(4)18(17-13-24(31)32-15-17)7-8-19(26)28(20,23)6/h8,10,12,17-18,20-21,23-24,31H,7,9,11,13-15H2,1-6H3/t17-,18-,20+,21-,23+,24-,26-,27+,28-/m0/s1. The summed E-state index contributed by atoms with van der Waals surface area (Å²) >= 11 is 0. The molecule has 5 aliphatic rings. The maximum Gasteiger partial charge on any atom is 0.302 e. The summed E-state index contributed by atoms with van der Waals surface area (Å²) in [4.78, 5) is 25.2. The van der Waals surface area contributed by atoms with E-state index in [1.807, 2.05) is 6.08 Å². The number of aliphatic hydroxyl groups is 1. The van der Waals surface area contributed by atoms with Crippen LogP contribution in [0.15, 0.2) is 23.8 Å². The SMILES string of the molecule is CC(=O)O[C@@H]1C[C@H]2C(C)(C)C(=O)C=C[C@]2(C)[C@H]2CC[C@]3(C)C(=CC[C@H]3[C@@H]3CO[C@H](O)C3)[C@@]21C. The highest BCUT2D eigenvalue weighted by atomic mass is 16.6. The molecular formula is C28H40O5. The molecule has 5 nitrogen and oxygen atoms in total. The van der Waals surface area contributed by atoms with Crippen LogP contribution in [-0.4, -0.2) is 35.9 Å². The molecule has 3 fully saturated rings. The first-order valence-corrected chi connectivity index (χ1v) is 12.8. The smallest absolute Gasteiger partial charge is 0.302 e. The van der Waals surface area contributed by atoms with E-state index in [1.54, 1.807) is 0 Å². The zero-order valence-corrected chi connectivity index (χ0v) is 21.0. The lowest BCUT2D eigenvalue weighted by atomic mass is 9.38. The predicted molar refractivity (Wildman–Crippen MR) is 125 cm³/mol. The third-order valence-electron chi connectivity index (χ3n) is 10.9. The second kappa shape index (κ2) is 7.27. The van der Waals surface area contributed by atoms with Crippen molar-refractivity contribution in [2.24, 2.45) is 45.3 Å². The summed E-state index contributed by atoms with van der Waals surface area (Å²) in [5.74, 6) is 1.14. The number of esters is 1. The van der Waals surface area contributed by atoms with Crippen LogP contribution in [-0.2, 0) is 19.1 Å². The number of rotatable bonds is 2. The van der Waals surface area contributed by atoms with Gasteiger partial charge in [-0.2, -0.15) is 0 Å². The van der Waals surface area contributed by atoms with Crippen LogP contribution in [0.3, 0.4) is 0 Å². The second-order valence-electron chi connectivity index (χ2n) is 12.7. The molecule has 1 N–H and O–H groups in total. The number of aliphatic hydroxyl groups excluding tert-OH is 1. The normalized spacial score (nSPS) is 50.3. The van der Waals surface area contributed by atoms with Crippen LogP contribution in [0.4, 0.5) is 0 Å². The van der Waals surface area contributed by atoms with Gasteiger partial charge in [0, 0.05) is 24.2 Å². The van der Waals surface area contributed by atoms with Gasteiger partial charge in [0.25, 0.3) is 0 Å². The van der Waals surface area contributed by atoms with Gasteiger partial charge in [-0.1, -0.05) is 52.3 Å². The summed E-state index contributed by atoms with van der Waals surface area (Å²) in [5, 5.41) is 10.0. The molecule has 5 heteroatoms. The third-order valence-corrected chi connectivity index (χ3v) is 10.9. The quantitative estimate of drug-likeness (QED) is 0.476. The van der Waals surface area contributed by atoms with Crippen molar-refractivity contribution in [3.8, 4) is 0 Å². The Morgan fingerprint density at radius 2 is 1.88 bits per heavy atom. The van der Waals surface area contributed by atoms with Crippen LogP contribution < -0.4 is 0 Å². The molecule has 1 aliphatic heterocycles. The van der Waals surface area contributed by atoms with Crippen LogP contribution in [0, 0.1) is 45.3 Å². The Balaban J connectivity index is 1.59. The van der Waals surface area contributed by atoms with Gasteiger partial charge in [-0.15, -0.1) is 0 Å². The van der Waals surface area contributed by atoms with Gasteiger partial charge >= 0.3 is 5.97 Å². The van der Waals surface area contributed by atoms with Gasteiger partial charge in [0.2, 0.25) is 0 Å². The van der Waals surface area contributed by atoms with E-state index in [2.05, 4.69) is 46.8 Å². The number of carbonyl (C=O) groups is 2. The highest BCUT2D eigenvalue weighted by Crippen LogP contribution is 2.72. The Bertz CT molecular complexity index is 933. The van der Waals surface area contributed by atoms with Crippen LogP contribution in [0.1, 0.15) is 73.6 Å². The minimum absolute atomic E-state index is 0.00858. The van der Waals surface area contributed by atoms with Crippen molar-refractivity contribution < 1.29 is 24.2 Å². The summed E-state index contributed by atoms with van der Waals surface area (Å²) in [6, 6.07) is 0. The molecule has 1 saturated heterocycles. The number of hydrogen-bond donors (Lipinski definition) is 1. The first-order chi connectivity index (χ1) is 15.3. The molecule has 0 amide bonds. The molecule has 5 rings (SSSR count). The zero-order valence-electron chi connectivity index (χ0n) is 21.0. The van der Waals surface area contributed by atoms with Crippen molar-refractivity contribution in [1.29, 1.82) is 0 Å². The Labute approximate surface area is 198 Å². The molecule has 4 aliphatic carbocycles. The van der Waals surface area contributed by atoms with Crippen molar-refractivity contribution in [2.45, 2.75) is 86.0 Å². The molecule has 0 radical (unpaired) electrons. The fourth-order valence-corrected chi connectivity index (χ4v) is 9.28. The molecule has 2 saturated carbocycles. The maximum absolute atomic E-state index is 12.9. The molecule has 182 valence electrons. The highest BCUT2D eigenvalue weighted by molar-refractivity contribution is 5.95. The van der Waals surface area contributed by atoms with E-state index in [4.69, 9.17) is 9.47 Å². The van der Waals surface area contributed by atoms with Gasteiger partial charge < -0.3 is 14.6 Å². The second-order valence-corrected chi connectivity index (χ2v) is 12.7. The first kappa shape index (κ1) is 23.3. The van der Waals surface area contributed by atoms with Gasteiger partial charge in [-0.25, -0.2) is 0 Å². The Morgan fingerprint density at radius 1 is 1.15 bits per heavy atom. The van der Waals surface area contributed by atoms with Gasteiger partial charge in [0.15, 0.2) is 12.1 Å². The largest absolute Gasteiger partial charge is 0.462 e. The molecule has 9 atom stereocenters. The average molecular weight is 457 g/mol. The average Bonchev–Trinajstić information content (AvgIpc) is 3.30. The fourth-order valence-electron chi connectivity index (χ4n) is 9.28. The first-order valence-electron chi connectivity index (χ1n) is 12.8. The van der Waals surface area contributed by atoms with E-state index in [-0.39, 0.29) is 40.0 Å². The van der Waals surface area contributed by atoms with E-state index in [0.29, 0.717) is 37.2 Å². The predicted octanol–water partition coefficient (Wildman–Crippen LogP) is 4.83. The molecular weight excluding hydrogens is 416 g/mol. The third kappa shape index (κ3) is 3.03. The number of ether oxygens (including phenoxy) is 2. The molecule has 0 aromatic heterocycles. The number of fused-ring (bicyclic) bond motifs is 5. The van der Waals surface area contributed by atoms with Crippen molar-refractivity contribution in [3.63, 3.8) is 0 Å². The van der Waals surface area contributed by atoms with E-state index in [1.165, 1.54) is 12.5 Å². The van der Waals surface area contributed by atoms with Gasteiger partial charge in [0.1, 0.15) is 6.10 Å². The molecule has 0 bridgehead atoms. The van der Waals surface area contributed by atoms with E-state index in [9.17, 15) is 14.7 Å². The minimum atomic E-state index is -0.648. The minimum Gasteiger partial charge on any atom is -0.462 e. The summed E-state index contributed by atoms with van der Waals surface area (Å²) in [5.41, 5.74) is 0.558. The molecule has 1 heterocycles. The number of ketones is 1. The van der Waals surface area contributed by atoms with Crippen molar-refractivity contribution in [3.05, 3.63) is 23.8 Å². The topological polar surface area (TPSA) is 72.8 Å². The van der Waals surface area contributed by atoms with Crippen molar-refractivity contribution >= 4 is 11.8 Å². The summed E-state index contributed by atoms with van der Waals surface area (Å²) in [6.45, 7) is 13.3. The number of hydrogen-bond acceptors (Lipinski definition) is 5. The summed E-state index contributed by atoms with van der Waals surface area (Å²) in [7, 11) is 0. The van der Waals surface area contributed by atoms with Gasteiger partial charge in [-0.3, -0.25) is 9.59 Å². The van der Waals surface area contributed by atoms with Crippen LogP contribution >= 0.6 is 0 Å². The monoisotopic (exact) mass is 456 g/mol. The fraction of sp³-hybridized carbons (Fsp3) is 0.786. The molecule has 0 aromatic rings. The zero-order chi connectivity index (χ0) is 24.0. The number of carbonyl (C=O) groups excluding carboxylic acids is 2. The van der Waals surface area contributed by atoms with Crippen LogP contribution in [0.2, 0.25) is 0 Å². The molecule has 0 spiro atoms. The Hall–Kier alpha value is -1.46. The lowest BCUT2D eigenvalue weighted by Crippen LogP contribution is -2.64. The Kier molecular flexibility index (Phi) is 5.13. The lowest BCUT2D eigenvalue weighted by molar-refractivity contribution is -0.188. The van der Waals surface area contributed by atoms with Crippen LogP contribution in [0.25, 0.3) is 0 Å². The van der Waals surface area contributed by atoms with E-state index < -0.39 is 11.7 Å². The molecule has 33 heavy (non-hydrogen) atoms. The van der Waals surface area contributed by atoms with Gasteiger partial charge in [-0.05, 0) is 66.3 Å². The van der Waals surface area contributed by atoms with E-state index >= 15 is 0 Å². The van der Waals surface area contributed by atoms with Crippen molar-refractivity contribution in [2.75, 3.05) is 6.61 Å². The van der Waals surface area contributed by atoms with Crippen LogP contribution in [0.5, 0.6) is 0 Å². The van der Waals surface area contributed by atoms with E-state index in [0.717, 1.165) is 19.3 Å².